The number of hydrogen-bond donors (Lipinski definition) is 2. The summed E-state index contributed by atoms with van der Waals surface area (Å²) >= 11 is 0. The average Bonchev–Trinajstić information content (AvgIpc) is 2.34. The number of carboxylic acids is 1. The molecule has 5 heteroatoms. The number of benzene rings is 1. The van der Waals surface area contributed by atoms with E-state index in [1.54, 1.807) is 11.8 Å². The zero-order chi connectivity index (χ0) is 14.7. The average molecular weight is 276 g/mol. The Hall–Kier alpha value is -2.04. The van der Waals surface area contributed by atoms with E-state index >= 15 is 0 Å². The van der Waals surface area contributed by atoms with Gasteiger partial charge in [-0.2, -0.15) is 0 Å². The lowest BCUT2D eigenvalue weighted by atomic mass is 9.87. The van der Waals surface area contributed by atoms with Crippen molar-refractivity contribution in [3.05, 3.63) is 29.8 Å². The maximum Gasteiger partial charge on any atom is 0.306 e. The number of nitrogens with two attached hydrogens (primary N) is 1. The maximum atomic E-state index is 12.0. The third-order valence-corrected chi connectivity index (χ3v) is 3.94. The number of rotatable bonds is 5. The van der Waals surface area contributed by atoms with Crippen molar-refractivity contribution in [3.8, 4) is 0 Å². The van der Waals surface area contributed by atoms with Crippen LogP contribution < -0.4 is 5.73 Å². The lowest BCUT2D eigenvalue weighted by Gasteiger charge is -2.41. The number of carboxylic acid groups (broad SMARTS) is 1. The van der Waals surface area contributed by atoms with Gasteiger partial charge in [0.2, 0.25) is 5.91 Å². The summed E-state index contributed by atoms with van der Waals surface area (Å²) in [6, 6.07) is 7.52. The Morgan fingerprint density at radius 1 is 1.45 bits per heavy atom. The molecule has 1 atom stereocenters. The van der Waals surface area contributed by atoms with E-state index in [1.807, 2.05) is 24.3 Å². The maximum absolute atomic E-state index is 12.0. The number of aliphatic carboxylic acids is 1. The fourth-order valence-electron chi connectivity index (χ4n) is 2.39. The second-order valence-corrected chi connectivity index (χ2v) is 5.43. The topological polar surface area (TPSA) is 83.6 Å². The van der Waals surface area contributed by atoms with Crippen LogP contribution in [0.15, 0.2) is 24.3 Å². The molecule has 3 N–H and O–H groups in total. The van der Waals surface area contributed by atoms with Gasteiger partial charge < -0.3 is 15.7 Å². The van der Waals surface area contributed by atoms with Crippen molar-refractivity contribution in [2.24, 2.45) is 11.8 Å². The molecule has 1 aliphatic heterocycles. The van der Waals surface area contributed by atoms with E-state index in [2.05, 4.69) is 0 Å². The van der Waals surface area contributed by atoms with Gasteiger partial charge in [-0.25, -0.2) is 0 Å². The molecule has 1 aromatic rings. The number of aryl methyl sites for hydroxylation is 1. The molecule has 1 amide bonds. The van der Waals surface area contributed by atoms with Crippen LogP contribution in [0.1, 0.15) is 18.9 Å². The van der Waals surface area contributed by atoms with E-state index < -0.39 is 5.97 Å². The smallest absolute Gasteiger partial charge is 0.306 e. The number of carbonyl (C=O) groups is 2. The first kappa shape index (κ1) is 14.4. The number of nitrogen functional groups attached to an aromatic ring is 1. The molecule has 0 aliphatic carbocycles. The molecule has 0 saturated carbocycles. The summed E-state index contributed by atoms with van der Waals surface area (Å²) in [5.74, 6) is -1.00. The van der Waals surface area contributed by atoms with Gasteiger partial charge in [0.05, 0.1) is 5.92 Å². The first-order valence-electron chi connectivity index (χ1n) is 6.82. The lowest BCUT2D eigenvalue weighted by Crippen LogP contribution is -2.53. The molecule has 0 aromatic heterocycles. The SMILES string of the molecule is CC(C(=O)O)C1CN(C(=O)CCc2cccc(N)c2)C1. The largest absolute Gasteiger partial charge is 0.481 e. The highest BCUT2D eigenvalue weighted by Gasteiger charge is 2.36. The first-order valence-corrected chi connectivity index (χ1v) is 6.82. The summed E-state index contributed by atoms with van der Waals surface area (Å²) in [7, 11) is 0. The molecule has 1 fully saturated rings. The van der Waals surface area contributed by atoms with Crippen LogP contribution in [0.25, 0.3) is 0 Å². The van der Waals surface area contributed by atoms with Crippen LogP contribution in [0.3, 0.4) is 0 Å². The quantitative estimate of drug-likeness (QED) is 0.796. The number of hydrogen-bond acceptors (Lipinski definition) is 3. The van der Waals surface area contributed by atoms with Gasteiger partial charge in [0.15, 0.2) is 0 Å². The summed E-state index contributed by atoms with van der Waals surface area (Å²) < 4.78 is 0. The highest BCUT2D eigenvalue weighted by Crippen LogP contribution is 2.25. The Morgan fingerprint density at radius 3 is 2.75 bits per heavy atom. The Kier molecular flexibility index (Phi) is 4.27. The number of likely N-dealkylation sites (tertiary alicyclic amines) is 1. The Labute approximate surface area is 118 Å². The van der Waals surface area contributed by atoms with Crippen molar-refractivity contribution in [2.45, 2.75) is 19.8 Å². The molecule has 1 aliphatic rings. The van der Waals surface area contributed by atoms with Crippen LogP contribution in [-0.4, -0.2) is 35.0 Å². The minimum Gasteiger partial charge on any atom is -0.481 e. The van der Waals surface area contributed by atoms with E-state index in [0.29, 0.717) is 31.6 Å². The normalized spacial score (nSPS) is 16.6. The molecule has 2 rings (SSSR count). The van der Waals surface area contributed by atoms with Crippen LogP contribution in [0.2, 0.25) is 0 Å². The van der Waals surface area contributed by atoms with Crippen molar-refractivity contribution in [3.63, 3.8) is 0 Å². The molecule has 20 heavy (non-hydrogen) atoms. The minimum absolute atomic E-state index is 0.0845. The summed E-state index contributed by atoms with van der Waals surface area (Å²) in [4.78, 5) is 24.5. The fourth-order valence-corrected chi connectivity index (χ4v) is 2.39. The second-order valence-electron chi connectivity index (χ2n) is 5.43. The highest BCUT2D eigenvalue weighted by molar-refractivity contribution is 5.78. The summed E-state index contributed by atoms with van der Waals surface area (Å²) in [5, 5.41) is 8.91. The first-order chi connectivity index (χ1) is 9.47. The minimum atomic E-state index is -0.790. The van der Waals surface area contributed by atoms with E-state index in [-0.39, 0.29) is 17.7 Å². The van der Waals surface area contributed by atoms with Crippen LogP contribution in [-0.2, 0) is 16.0 Å². The zero-order valence-electron chi connectivity index (χ0n) is 11.6. The Balaban J connectivity index is 1.76. The molecule has 1 unspecified atom stereocenters. The molecule has 1 saturated heterocycles. The molecule has 108 valence electrons. The van der Waals surface area contributed by atoms with Crippen molar-refractivity contribution in [2.75, 3.05) is 18.8 Å². The zero-order valence-corrected chi connectivity index (χ0v) is 11.6. The van der Waals surface area contributed by atoms with Crippen LogP contribution in [0.5, 0.6) is 0 Å². The number of carbonyl (C=O) groups excluding carboxylic acids is 1. The number of amides is 1. The van der Waals surface area contributed by atoms with Crippen LogP contribution in [0.4, 0.5) is 5.69 Å². The van der Waals surface area contributed by atoms with Crippen LogP contribution in [0, 0.1) is 11.8 Å². The van der Waals surface area contributed by atoms with E-state index in [1.165, 1.54) is 0 Å². The Morgan fingerprint density at radius 2 is 2.15 bits per heavy atom. The van der Waals surface area contributed by atoms with Crippen LogP contribution >= 0.6 is 0 Å². The van der Waals surface area contributed by atoms with Gasteiger partial charge in [0.1, 0.15) is 0 Å². The predicted octanol–water partition coefficient (Wildman–Crippen LogP) is 1.38. The summed E-state index contributed by atoms with van der Waals surface area (Å²) in [6.45, 7) is 2.81. The molecule has 0 bridgehead atoms. The Bertz CT molecular complexity index is 510. The van der Waals surface area contributed by atoms with Crippen molar-refractivity contribution in [1.82, 2.24) is 4.90 Å². The summed E-state index contributed by atoms with van der Waals surface area (Å²) in [5.41, 5.74) is 7.44. The standard InChI is InChI=1S/C15H20N2O3/c1-10(15(19)20)12-8-17(9-12)14(18)6-5-11-3-2-4-13(16)7-11/h2-4,7,10,12H,5-6,8-9,16H2,1H3,(H,19,20). The van der Waals surface area contributed by atoms with E-state index in [9.17, 15) is 9.59 Å². The van der Waals surface area contributed by atoms with Gasteiger partial charge in [-0.1, -0.05) is 19.1 Å². The van der Waals surface area contributed by atoms with Gasteiger partial charge in [-0.15, -0.1) is 0 Å². The molecule has 1 heterocycles. The van der Waals surface area contributed by atoms with Crippen molar-refractivity contribution >= 4 is 17.6 Å². The highest BCUT2D eigenvalue weighted by atomic mass is 16.4. The van der Waals surface area contributed by atoms with E-state index in [4.69, 9.17) is 10.8 Å². The van der Waals surface area contributed by atoms with Crippen molar-refractivity contribution < 1.29 is 14.7 Å². The molecule has 5 nitrogen and oxygen atoms in total. The molecule has 0 radical (unpaired) electrons. The van der Waals surface area contributed by atoms with Gasteiger partial charge in [0, 0.05) is 31.1 Å². The van der Waals surface area contributed by atoms with Gasteiger partial charge in [-0.3, -0.25) is 9.59 Å². The predicted molar refractivity (Wildman–Crippen MR) is 76.0 cm³/mol. The third kappa shape index (κ3) is 3.29. The number of anilines is 1. The van der Waals surface area contributed by atoms with Crippen molar-refractivity contribution in [1.29, 1.82) is 0 Å². The van der Waals surface area contributed by atoms with Gasteiger partial charge in [0.25, 0.3) is 0 Å². The monoisotopic (exact) mass is 276 g/mol. The lowest BCUT2D eigenvalue weighted by molar-refractivity contribution is -0.150. The molecule has 0 spiro atoms. The molecular formula is C15H20N2O3. The fraction of sp³-hybridized carbons (Fsp3) is 0.467. The second kappa shape index (κ2) is 5.94. The number of nitrogens with zero attached hydrogens (tertiary/aromatic N) is 1. The van der Waals surface area contributed by atoms with Gasteiger partial charge in [-0.05, 0) is 24.1 Å². The van der Waals surface area contributed by atoms with Gasteiger partial charge >= 0.3 is 5.97 Å². The van der Waals surface area contributed by atoms with E-state index in [0.717, 1.165) is 5.56 Å². The summed E-state index contributed by atoms with van der Waals surface area (Å²) in [6.07, 6.45) is 1.11. The third-order valence-electron chi connectivity index (χ3n) is 3.94. The molecular weight excluding hydrogens is 256 g/mol. The molecule has 1 aromatic carbocycles.